The minimum absolute atomic E-state index is 0.0661. The summed E-state index contributed by atoms with van der Waals surface area (Å²) in [6.07, 6.45) is 4.60. The second-order valence-electron chi connectivity index (χ2n) is 5.73. The molecule has 1 heterocycles. The number of ether oxygens (including phenoxy) is 1. The molecule has 3 rings (SSSR count). The molecule has 8 nitrogen and oxygen atoms in total. The van der Waals surface area contributed by atoms with Crippen LogP contribution in [0.2, 0.25) is 0 Å². The molecule has 1 aliphatic rings. The second kappa shape index (κ2) is 6.69. The molecular formula is C16H18N4O4. The van der Waals surface area contributed by atoms with E-state index < -0.39 is 4.92 Å². The van der Waals surface area contributed by atoms with Crippen molar-refractivity contribution < 1.29 is 14.5 Å². The van der Waals surface area contributed by atoms with Gasteiger partial charge in [0.25, 0.3) is 11.6 Å². The maximum Gasteiger partial charge on any atom is 0.273 e. The Hall–Kier alpha value is -2.90. The van der Waals surface area contributed by atoms with Crippen LogP contribution in [0.1, 0.15) is 30.1 Å². The van der Waals surface area contributed by atoms with Gasteiger partial charge in [0.1, 0.15) is 5.75 Å². The predicted octanol–water partition coefficient (Wildman–Crippen LogP) is 1.90. The van der Waals surface area contributed by atoms with E-state index in [1.807, 2.05) is 11.7 Å². The fourth-order valence-electron chi connectivity index (χ4n) is 2.93. The van der Waals surface area contributed by atoms with Crippen molar-refractivity contribution in [1.82, 2.24) is 15.1 Å². The van der Waals surface area contributed by atoms with Gasteiger partial charge < -0.3 is 10.1 Å². The first-order valence-electron chi connectivity index (χ1n) is 7.72. The van der Waals surface area contributed by atoms with Crippen LogP contribution in [0, 0.1) is 10.1 Å². The maximum absolute atomic E-state index is 12.1. The lowest BCUT2D eigenvalue weighted by Crippen LogP contribution is -2.34. The summed E-state index contributed by atoms with van der Waals surface area (Å²) in [4.78, 5) is 22.4. The first-order valence-corrected chi connectivity index (χ1v) is 7.72. The van der Waals surface area contributed by atoms with Gasteiger partial charge in [-0.2, -0.15) is 5.10 Å². The van der Waals surface area contributed by atoms with Crippen LogP contribution in [0.4, 0.5) is 5.69 Å². The van der Waals surface area contributed by atoms with Crippen LogP contribution in [0.25, 0.3) is 0 Å². The summed E-state index contributed by atoms with van der Waals surface area (Å²) in [7, 11) is 1.90. The SMILES string of the molecule is Cn1ncc2c1CCC[C@@H]2NC(=O)COc1cccc([N+](=O)[O-])c1. The Labute approximate surface area is 138 Å². The molecule has 0 unspecified atom stereocenters. The zero-order chi connectivity index (χ0) is 17.1. The summed E-state index contributed by atoms with van der Waals surface area (Å²) >= 11 is 0. The number of carbonyl (C=O) groups excluding carboxylic acids is 1. The van der Waals surface area contributed by atoms with Gasteiger partial charge in [-0.05, 0) is 25.3 Å². The van der Waals surface area contributed by atoms with Gasteiger partial charge in [-0.25, -0.2) is 0 Å². The van der Waals surface area contributed by atoms with E-state index in [-0.39, 0.29) is 24.2 Å². The van der Waals surface area contributed by atoms with Crippen LogP contribution in [0.3, 0.4) is 0 Å². The van der Waals surface area contributed by atoms with Gasteiger partial charge in [-0.1, -0.05) is 6.07 Å². The first kappa shape index (κ1) is 16.0. The lowest BCUT2D eigenvalue weighted by molar-refractivity contribution is -0.384. The van der Waals surface area contributed by atoms with Gasteiger partial charge in [0.05, 0.1) is 23.2 Å². The van der Waals surface area contributed by atoms with Crippen molar-refractivity contribution in [2.24, 2.45) is 7.05 Å². The summed E-state index contributed by atoms with van der Waals surface area (Å²) in [5.74, 6) is 0.0354. The van der Waals surface area contributed by atoms with Crippen molar-refractivity contribution >= 4 is 11.6 Å². The fraction of sp³-hybridized carbons (Fsp3) is 0.375. The number of nitro groups is 1. The number of aryl methyl sites for hydroxylation is 1. The molecule has 24 heavy (non-hydrogen) atoms. The molecule has 0 bridgehead atoms. The minimum Gasteiger partial charge on any atom is -0.484 e. The Morgan fingerprint density at radius 1 is 1.54 bits per heavy atom. The Bertz CT molecular complexity index is 771. The van der Waals surface area contributed by atoms with Gasteiger partial charge in [0, 0.05) is 24.4 Å². The number of nitrogens with one attached hydrogen (secondary N) is 1. The number of carbonyl (C=O) groups is 1. The number of non-ortho nitro benzene ring substituents is 1. The molecule has 0 saturated carbocycles. The minimum atomic E-state index is -0.501. The molecule has 0 radical (unpaired) electrons. The Balaban J connectivity index is 1.59. The smallest absolute Gasteiger partial charge is 0.273 e. The van der Waals surface area contributed by atoms with Crippen molar-refractivity contribution in [2.45, 2.75) is 25.3 Å². The van der Waals surface area contributed by atoms with E-state index in [9.17, 15) is 14.9 Å². The number of benzene rings is 1. The number of aromatic nitrogens is 2. The zero-order valence-corrected chi connectivity index (χ0v) is 13.3. The van der Waals surface area contributed by atoms with Gasteiger partial charge in [0.2, 0.25) is 0 Å². The highest BCUT2D eigenvalue weighted by Crippen LogP contribution is 2.29. The van der Waals surface area contributed by atoms with Crippen molar-refractivity contribution in [3.63, 3.8) is 0 Å². The third-order valence-corrected chi connectivity index (χ3v) is 4.11. The Morgan fingerprint density at radius 2 is 2.38 bits per heavy atom. The normalized spacial score (nSPS) is 16.3. The van der Waals surface area contributed by atoms with Crippen LogP contribution in [-0.2, 0) is 18.3 Å². The molecule has 0 saturated heterocycles. The van der Waals surface area contributed by atoms with Crippen LogP contribution in [-0.4, -0.2) is 27.2 Å². The standard InChI is InChI=1S/C16H18N4O4/c1-19-15-7-3-6-14(13(15)9-17-19)18-16(21)10-24-12-5-2-4-11(8-12)20(22)23/h2,4-5,8-9,14H,3,6-7,10H2,1H3,(H,18,21)/t14-/m0/s1. The van der Waals surface area contributed by atoms with Gasteiger partial charge >= 0.3 is 0 Å². The molecule has 1 amide bonds. The predicted molar refractivity (Wildman–Crippen MR) is 85.6 cm³/mol. The summed E-state index contributed by atoms with van der Waals surface area (Å²) in [5, 5.41) is 17.9. The van der Waals surface area contributed by atoms with Crippen molar-refractivity contribution in [3.8, 4) is 5.75 Å². The summed E-state index contributed by atoms with van der Waals surface area (Å²) in [6.45, 7) is -0.187. The second-order valence-corrected chi connectivity index (χ2v) is 5.73. The third-order valence-electron chi connectivity index (χ3n) is 4.11. The van der Waals surface area contributed by atoms with Crippen LogP contribution in [0.5, 0.6) is 5.75 Å². The van der Waals surface area contributed by atoms with Crippen molar-refractivity contribution in [1.29, 1.82) is 0 Å². The Kier molecular flexibility index (Phi) is 4.45. The molecule has 1 aliphatic carbocycles. The molecular weight excluding hydrogens is 312 g/mol. The molecule has 126 valence electrons. The van der Waals surface area contributed by atoms with Crippen LogP contribution >= 0.6 is 0 Å². The first-order chi connectivity index (χ1) is 11.5. The number of nitro benzene ring substituents is 1. The molecule has 1 N–H and O–H groups in total. The average molecular weight is 330 g/mol. The lowest BCUT2D eigenvalue weighted by Gasteiger charge is -2.23. The molecule has 1 aromatic carbocycles. The maximum atomic E-state index is 12.1. The molecule has 0 fully saturated rings. The van der Waals surface area contributed by atoms with Crippen LogP contribution < -0.4 is 10.1 Å². The van der Waals surface area contributed by atoms with E-state index in [1.165, 1.54) is 18.2 Å². The van der Waals surface area contributed by atoms with Crippen LogP contribution in [0.15, 0.2) is 30.5 Å². The van der Waals surface area contributed by atoms with E-state index in [0.29, 0.717) is 5.75 Å². The molecule has 1 atom stereocenters. The van der Waals surface area contributed by atoms with Gasteiger partial charge in [-0.15, -0.1) is 0 Å². The van der Waals surface area contributed by atoms with Gasteiger partial charge in [-0.3, -0.25) is 19.6 Å². The Morgan fingerprint density at radius 3 is 3.17 bits per heavy atom. The monoisotopic (exact) mass is 330 g/mol. The topological polar surface area (TPSA) is 99.3 Å². The van der Waals surface area contributed by atoms with E-state index in [1.54, 1.807) is 12.3 Å². The average Bonchev–Trinajstić information content (AvgIpc) is 2.96. The fourth-order valence-corrected chi connectivity index (χ4v) is 2.93. The van der Waals surface area contributed by atoms with Gasteiger partial charge in [0.15, 0.2) is 6.61 Å². The molecule has 0 spiro atoms. The molecule has 8 heteroatoms. The molecule has 0 aliphatic heterocycles. The quantitative estimate of drug-likeness (QED) is 0.667. The van der Waals surface area contributed by atoms with E-state index >= 15 is 0 Å². The number of amides is 1. The number of nitrogens with zero attached hydrogens (tertiary/aromatic N) is 3. The molecule has 2 aromatic rings. The number of hydrogen-bond donors (Lipinski definition) is 1. The summed E-state index contributed by atoms with van der Waals surface area (Å²) in [6, 6.07) is 5.71. The van der Waals surface area contributed by atoms with Crippen molar-refractivity contribution in [2.75, 3.05) is 6.61 Å². The summed E-state index contributed by atoms with van der Waals surface area (Å²) in [5.41, 5.74) is 2.12. The number of rotatable bonds is 5. The zero-order valence-electron chi connectivity index (χ0n) is 13.3. The van der Waals surface area contributed by atoms with E-state index in [2.05, 4.69) is 10.4 Å². The third kappa shape index (κ3) is 3.37. The number of fused-ring (bicyclic) bond motifs is 1. The highest BCUT2D eigenvalue weighted by molar-refractivity contribution is 5.78. The van der Waals surface area contributed by atoms with E-state index in [0.717, 1.165) is 30.5 Å². The molecule has 1 aromatic heterocycles. The lowest BCUT2D eigenvalue weighted by atomic mass is 9.93. The highest BCUT2D eigenvalue weighted by Gasteiger charge is 2.24. The van der Waals surface area contributed by atoms with E-state index in [4.69, 9.17) is 4.74 Å². The summed E-state index contributed by atoms with van der Waals surface area (Å²) < 4.78 is 7.20. The number of hydrogen-bond acceptors (Lipinski definition) is 5. The van der Waals surface area contributed by atoms with Crippen molar-refractivity contribution in [3.05, 3.63) is 51.8 Å². The highest BCUT2D eigenvalue weighted by atomic mass is 16.6. The largest absolute Gasteiger partial charge is 0.484 e.